The zero-order valence-corrected chi connectivity index (χ0v) is 21.8. The molecule has 27 heavy (non-hydrogen) atoms. The number of hydrogen-bond acceptors (Lipinski definition) is 0. The van der Waals surface area contributed by atoms with Crippen LogP contribution in [-0.4, -0.2) is 18.5 Å². The van der Waals surface area contributed by atoms with Crippen LogP contribution in [-0.2, 0) is 0 Å². The van der Waals surface area contributed by atoms with Crippen molar-refractivity contribution in [2.45, 2.75) is 136 Å². The maximum atomic E-state index is 6.69. The van der Waals surface area contributed by atoms with Crippen molar-refractivity contribution in [2.24, 2.45) is 0 Å². The Hall–Kier alpha value is 1.15. The Morgan fingerprint density at radius 1 is 0.444 bits per heavy atom. The van der Waals surface area contributed by atoms with E-state index in [0.717, 1.165) is 7.62 Å². The average molecular weight is 438 g/mol. The molecule has 0 aliphatic heterocycles. The normalized spacial score (nSPS) is 12.4. The van der Waals surface area contributed by atoms with Crippen LogP contribution in [0.1, 0.15) is 136 Å². The van der Waals surface area contributed by atoms with Crippen LogP contribution in [0.15, 0.2) is 0 Å². The lowest BCUT2D eigenvalue weighted by molar-refractivity contribution is 0.617. The second kappa shape index (κ2) is 21.8. The first-order chi connectivity index (χ1) is 13.2. The molecule has 0 aromatic carbocycles. The van der Waals surface area contributed by atoms with Gasteiger partial charge in [-0.05, 0) is 38.5 Å². The fourth-order valence-corrected chi connectivity index (χ4v) is 11.9. The number of unbranched alkanes of at least 4 members (excludes halogenated alkanes) is 15. The van der Waals surface area contributed by atoms with Crippen LogP contribution in [0.25, 0.3) is 0 Å². The third-order valence-corrected chi connectivity index (χ3v) is 16.2. The van der Waals surface area contributed by atoms with Crippen LogP contribution in [0.5, 0.6) is 0 Å². The molecular formula is C24H52ClP2+. The number of hydrogen-bond donors (Lipinski definition) is 0. The van der Waals surface area contributed by atoms with Gasteiger partial charge in [0.25, 0.3) is 0 Å². The van der Waals surface area contributed by atoms with E-state index in [1.807, 2.05) is 0 Å². The van der Waals surface area contributed by atoms with E-state index in [1.54, 1.807) is 0 Å². The minimum atomic E-state index is -0.851. The van der Waals surface area contributed by atoms with Crippen LogP contribution in [0.3, 0.4) is 0 Å². The predicted octanol–water partition coefficient (Wildman–Crippen LogP) is 10.8. The van der Waals surface area contributed by atoms with Gasteiger partial charge in [-0.1, -0.05) is 109 Å². The van der Waals surface area contributed by atoms with E-state index in [9.17, 15) is 0 Å². The van der Waals surface area contributed by atoms with Gasteiger partial charge in [0.1, 0.15) is 7.62 Å². The Labute approximate surface area is 180 Å². The SMILES string of the molecule is CCCCCCCC[P+](CCCCCCCC)(CCCCCCCC)PCl. The summed E-state index contributed by atoms with van der Waals surface area (Å²) in [5, 5.41) is 0. The monoisotopic (exact) mass is 437 g/mol. The van der Waals surface area contributed by atoms with E-state index >= 15 is 0 Å². The lowest BCUT2D eigenvalue weighted by Crippen LogP contribution is -2.04. The highest BCUT2D eigenvalue weighted by Gasteiger charge is 2.35. The maximum absolute atomic E-state index is 6.69. The topological polar surface area (TPSA) is 0 Å². The first kappa shape index (κ1) is 28.1. The smallest absolute Gasteiger partial charge is 0.0654 e. The average Bonchev–Trinajstić information content (AvgIpc) is 2.69. The summed E-state index contributed by atoms with van der Waals surface area (Å²) in [6, 6.07) is 0. The van der Waals surface area contributed by atoms with E-state index in [0.29, 0.717) is 0 Å². The van der Waals surface area contributed by atoms with Crippen molar-refractivity contribution in [3.63, 3.8) is 0 Å². The largest absolute Gasteiger partial charge is 0.136 e. The third-order valence-electron chi connectivity index (χ3n) is 6.00. The van der Waals surface area contributed by atoms with Crippen molar-refractivity contribution in [2.75, 3.05) is 18.5 Å². The molecule has 0 radical (unpaired) electrons. The summed E-state index contributed by atoms with van der Waals surface area (Å²) in [6.45, 7) is 6.08. The van der Waals surface area contributed by atoms with E-state index in [2.05, 4.69) is 20.8 Å². The Bertz CT molecular complexity index is 243. The highest BCUT2D eigenvalue weighted by molar-refractivity contribution is 8.40. The van der Waals surface area contributed by atoms with Crippen LogP contribution < -0.4 is 0 Å². The van der Waals surface area contributed by atoms with E-state index in [1.165, 1.54) is 134 Å². The minimum absolute atomic E-state index is 0.739. The molecule has 0 saturated heterocycles. The van der Waals surface area contributed by atoms with Crippen molar-refractivity contribution >= 4 is 25.8 Å². The molecule has 0 aromatic heterocycles. The van der Waals surface area contributed by atoms with Gasteiger partial charge in [-0.2, -0.15) is 0 Å². The van der Waals surface area contributed by atoms with Gasteiger partial charge in [0.05, 0.1) is 18.5 Å². The molecule has 3 heteroatoms. The van der Waals surface area contributed by atoms with Crippen molar-refractivity contribution in [1.82, 2.24) is 0 Å². The fraction of sp³-hybridized carbons (Fsp3) is 1.00. The van der Waals surface area contributed by atoms with E-state index in [4.69, 9.17) is 11.2 Å². The quantitative estimate of drug-likeness (QED) is 0.117. The van der Waals surface area contributed by atoms with Crippen LogP contribution in [0.2, 0.25) is 0 Å². The third kappa shape index (κ3) is 17.7. The Morgan fingerprint density at radius 3 is 0.963 bits per heavy atom. The van der Waals surface area contributed by atoms with Gasteiger partial charge >= 0.3 is 0 Å². The summed E-state index contributed by atoms with van der Waals surface area (Å²) in [7, 11) is 0.739. The zero-order valence-electron chi connectivity index (χ0n) is 19.2. The fourth-order valence-electron chi connectivity index (χ4n) is 4.05. The Morgan fingerprint density at radius 2 is 0.704 bits per heavy atom. The lowest BCUT2D eigenvalue weighted by Gasteiger charge is -2.25. The Balaban J connectivity index is 4.23. The molecule has 0 aliphatic rings. The van der Waals surface area contributed by atoms with E-state index in [-0.39, 0.29) is 0 Å². The molecule has 0 aliphatic carbocycles. The molecule has 0 nitrogen and oxygen atoms in total. The highest BCUT2D eigenvalue weighted by Crippen LogP contribution is 2.77. The van der Waals surface area contributed by atoms with Crippen molar-refractivity contribution in [3.05, 3.63) is 0 Å². The summed E-state index contributed by atoms with van der Waals surface area (Å²) in [5.41, 5.74) is 0. The predicted molar refractivity (Wildman–Crippen MR) is 136 cm³/mol. The molecule has 0 spiro atoms. The molecule has 0 rings (SSSR count). The molecule has 164 valence electrons. The van der Waals surface area contributed by atoms with Crippen LogP contribution in [0, 0.1) is 0 Å². The van der Waals surface area contributed by atoms with Gasteiger partial charge in [0.2, 0.25) is 0 Å². The minimum Gasteiger partial charge on any atom is -0.0654 e. The molecule has 0 saturated carbocycles. The van der Waals surface area contributed by atoms with Gasteiger partial charge in [-0.15, -0.1) is 0 Å². The highest BCUT2D eigenvalue weighted by atomic mass is 35.7. The second-order valence-corrected chi connectivity index (χ2v) is 17.4. The van der Waals surface area contributed by atoms with Crippen molar-refractivity contribution < 1.29 is 0 Å². The standard InChI is InChI=1S/C24H52ClP2/c1-4-7-10-13-16-19-22-27(26-25,23-20-17-14-11-8-5-2)24-21-18-15-12-9-6-3/h26H,4-24H2,1-3H3/q+1. The van der Waals surface area contributed by atoms with Gasteiger partial charge < -0.3 is 0 Å². The molecule has 0 heterocycles. The summed E-state index contributed by atoms with van der Waals surface area (Å²) >= 11 is 6.69. The molecule has 1 atom stereocenters. The number of halogens is 1. The lowest BCUT2D eigenvalue weighted by atomic mass is 10.1. The van der Waals surface area contributed by atoms with Gasteiger partial charge in [0.15, 0.2) is 0 Å². The van der Waals surface area contributed by atoms with Crippen LogP contribution in [0.4, 0.5) is 0 Å². The van der Waals surface area contributed by atoms with Crippen molar-refractivity contribution in [1.29, 1.82) is 0 Å². The summed E-state index contributed by atoms with van der Waals surface area (Å²) in [6.07, 6.45) is 30.3. The Kier molecular flexibility index (Phi) is 22.8. The summed E-state index contributed by atoms with van der Waals surface area (Å²) in [4.78, 5) is 0. The number of rotatable bonds is 22. The maximum Gasteiger partial charge on any atom is 0.136 e. The van der Waals surface area contributed by atoms with Crippen LogP contribution >= 0.6 is 25.8 Å². The molecule has 0 aromatic rings. The van der Waals surface area contributed by atoms with Gasteiger partial charge in [-0.3, -0.25) is 0 Å². The van der Waals surface area contributed by atoms with Crippen molar-refractivity contribution in [3.8, 4) is 0 Å². The summed E-state index contributed by atoms with van der Waals surface area (Å²) < 4.78 is 0. The van der Waals surface area contributed by atoms with Gasteiger partial charge in [-0.25, -0.2) is 0 Å². The molecule has 1 unspecified atom stereocenters. The van der Waals surface area contributed by atoms with Gasteiger partial charge in [0, 0.05) is 6.95 Å². The first-order valence-corrected chi connectivity index (χ1v) is 17.7. The first-order valence-electron chi connectivity index (χ1n) is 12.5. The molecular weight excluding hydrogens is 386 g/mol. The molecule has 0 bridgehead atoms. The van der Waals surface area contributed by atoms with E-state index < -0.39 is 6.95 Å². The second-order valence-electron chi connectivity index (χ2n) is 8.70. The summed E-state index contributed by atoms with van der Waals surface area (Å²) in [5.74, 6) is 0. The zero-order chi connectivity index (χ0) is 20.1. The molecule has 0 fully saturated rings. The molecule has 0 amide bonds. The molecule has 0 N–H and O–H groups in total.